The summed E-state index contributed by atoms with van der Waals surface area (Å²) in [4.78, 5) is 0. The minimum Gasteiger partial charge on any atom is -0.496 e. The minimum atomic E-state index is -0.686. The van der Waals surface area contributed by atoms with Crippen LogP contribution in [0.2, 0.25) is 0 Å². The van der Waals surface area contributed by atoms with Gasteiger partial charge in [-0.05, 0) is 62.3 Å². The molecule has 0 aliphatic rings. The Labute approximate surface area is 116 Å². The Kier molecular flexibility index (Phi) is 5.83. The molecule has 0 amide bonds. The summed E-state index contributed by atoms with van der Waals surface area (Å²) in [5.41, 5.74) is 3.51. The average molecular weight is 266 g/mol. The Morgan fingerprint density at radius 1 is 1.16 bits per heavy atom. The molecule has 0 spiro atoms. The molecule has 3 nitrogen and oxygen atoms in total. The smallest absolute Gasteiger partial charge is 0.122 e. The first-order valence-electron chi connectivity index (χ1n) is 6.91. The van der Waals surface area contributed by atoms with Crippen LogP contribution in [-0.4, -0.2) is 29.5 Å². The molecule has 0 aliphatic carbocycles. The number of benzene rings is 1. The van der Waals surface area contributed by atoms with Gasteiger partial charge in [-0.1, -0.05) is 13.0 Å². The third kappa shape index (κ3) is 3.95. The van der Waals surface area contributed by atoms with Crippen molar-refractivity contribution in [2.45, 2.75) is 58.7 Å². The van der Waals surface area contributed by atoms with Gasteiger partial charge in [-0.2, -0.15) is 0 Å². The second kappa shape index (κ2) is 6.92. The molecule has 108 valence electrons. The lowest BCUT2D eigenvalue weighted by molar-refractivity contribution is 0.0214. The van der Waals surface area contributed by atoms with Crippen molar-refractivity contribution in [1.29, 1.82) is 0 Å². The molecule has 0 aromatic heterocycles. The molecule has 0 fully saturated rings. The summed E-state index contributed by atoms with van der Waals surface area (Å²) in [7, 11) is 1.68. The molecular formula is C16H26O3. The second-order valence-corrected chi connectivity index (χ2v) is 5.33. The summed E-state index contributed by atoms with van der Waals surface area (Å²) < 4.78 is 5.32. The third-order valence-corrected chi connectivity index (χ3v) is 3.80. The first-order valence-corrected chi connectivity index (χ1v) is 6.91. The van der Waals surface area contributed by atoms with Gasteiger partial charge in [0.25, 0.3) is 0 Å². The van der Waals surface area contributed by atoms with E-state index in [9.17, 15) is 10.2 Å². The zero-order valence-corrected chi connectivity index (χ0v) is 12.6. The van der Waals surface area contributed by atoms with E-state index in [0.29, 0.717) is 6.42 Å². The predicted molar refractivity (Wildman–Crippen MR) is 77.8 cm³/mol. The first kappa shape index (κ1) is 16.0. The van der Waals surface area contributed by atoms with Crippen LogP contribution in [0.5, 0.6) is 5.75 Å². The van der Waals surface area contributed by atoms with E-state index in [0.717, 1.165) is 17.7 Å². The van der Waals surface area contributed by atoms with E-state index in [1.165, 1.54) is 11.1 Å². The molecular weight excluding hydrogens is 240 g/mol. The summed E-state index contributed by atoms with van der Waals surface area (Å²) in [5.74, 6) is 1.15. The lowest BCUT2D eigenvalue weighted by Crippen LogP contribution is -2.25. The van der Waals surface area contributed by atoms with E-state index in [-0.39, 0.29) is 5.92 Å². The molecule has 0 aliphatic heterocycles. The molecule has 1 aromatic carbocycles. The number of aryl methyl sites for hydroxylation is 2. The fourth-order valence-electron chi connectivity index (χ4n) is 2.47. The third-order valence-electron chi connectivity index (χ3n) is 3.80. The molecule has 2 N–H and O–H groups in total. The Hall–Kier alpha value is -1.06. The highest BCUT2D eigenvalue weighted by atomic mass is 16.5. The van der Waals surface area contributed by atoms with E-state index >= 15 is 0 Å². The summed E-state index contributed by atoms with van der Waals surface area (Å²) in [5, 5.41) is 19.3. The number of hydrogen-bond donors (Lipinski definition) is 2. The van der Waals surface area contributed by atoms with Gasteiger partial charge in [-0.3, -0.25) is 0 Å². The van der Waals surface area contributed by atoms with Crippen molar-refractivity contribution in [3.63, 3.8) is 0 Å². The average Bonchev–Trinajstić information content (AvgIpc) is 2.37. The summed E-state index contributed by atoms with van der Waals surface area (Å²) in [6.07, 6.45) is 0.164. The number of aliphatic hydroxyl groups excluding tert-OH is 2. The zero-order chi connectivity index (χ0) is 14.6. The maximum Gasteiger partial charge on any atom is 0.122 e. The molecule has 0 saturated heterocycles. The molecule has 3 atom stereocenters. The van der Waals surface area contributed by atoms with Gasteiger partial charge in [-0.15, -0.1) is 0 Å². The van der Waals surface area contributed by atoms with Crippen molar-refractivity contribution < 1.29 is 14.9 Å². The minimum absolute atomic E-state index is 0.259. The van der Waals surface area contributed by atoms with Gasteiger partial charge in [-0.25, -0.2) is 0 Å². The SMILES string of the molecule is CCC(CC(O)C(C)O)c1cc(C)c(OC)cc1C. The maximum atomic E-state index is 9.88. The summed E-state index contributed by atoms with van der Waals surface area (Å²) >= 11 is 0. The van der Waals surface area contributed by atoms with Crippen molar-refractivity contribution in [3.05, 3.63) is 28.8 Å². The molecule has 3 unspecified atom stereocenters. The van der Waals surface area contributed by atoms with Gasteiger partial charge >= 0.3 is 0 Å². The van der Waals surface area contributed by atoms with Crippen LogP contribution in [-0.2, 0) is 0 Å². The van der Waals surface area contributed by atoms with Crippen LogP contribution >= 0.6 is 0 Å². The number of aliphatic hydroxyl groups is 2. The predicted octanol–water partition coefficient (Wildman–Crippen LogP) is 2.94. The Bertz CT molecular complexity index is 413. The highest BCUT2D eigenvalue weighted by Crippen LogP contribution is 2.32. The topological polar surface area (TPSA) is 49.7 Å². The van der Waals surface area contributed by atoms with Gasteiger partial charge in [0.05, 0.1) is 19.3 Å². The zero-order valence-electron chi connectivity index (χ0n) is 12.6. The Morgan fingerprint density at radius 3 is 2.26 bits per heavy atom. The van der Waals surface area contributed by atoms with Crippen LogP contribution in [0.4, 0.5) is 0 Å². The normalized spacial score (nSPS) is 15.9. The standard InChI is InChI=1S/C16H26O3/c1-6-13(9-15(18)12(4)17)14-7-11(3)16(19-5)8-10(14)2/h7-8,12-13,15,17-18H,6,9H2,1-5H3. The summed E-state index contributed by atoms with van der Waals surface area (Å²) in [6.45, 7) is 7.83. The van der Waals surface area contributed by atoms with Crippen LogP contribution in [0.1, 0.15) is 49.3 Å². The first-order chi connectivity index (χ1) is 8.90. The highest BCUT2D eigenvalue weighted by Gasteiger charge is 2.20. The molecule has 0 bridgehead atoms. The second-order valence-electron chi connectivity index (χ2n) is 5.33. The number of hydrogen-bond acceptors (Lipinski definition) is 3. The van der Waals surface area contributed by atoms with E-state index in [1.807, 2.05) is 13.0 Å². The fraction of sp³-hybridized carbons (Fsp3) is 0.625. The van der Waals surface area contributed by atoms with Crippen LogP contribution in [0.15, 0.2) is 12.1 Å². The number of ether oxygens (including phenoxy) is 1. The van der Waals surface area contributed by atoms with Crippen molar-refractivity contribution in [2.24, 2.45) is 0 Å². The molecule has 0 radical (unpaired) electrons. The van der Waals surface area contributed by atoms with Gasteiger partial charge in [0.1, 0.15) is 5.75 Å². The molecule has 19 heavy (non-hydrogen) atoms. The van der Waals surface area contributed by atoms with Crippen molar-refractivity contribution >= 4 is 0 Å². The van der Waals surface area contributed by atoms with E-state index < -0.39 is 12.2 Å². The van der Waals surface area contributed by atoms with Crippen LogP contribution in [0, 0.1) is 13.8 Å². The van der Waals surface area contributed by atoms with Crippen LogP contribution in [0.3, 0.4) is 0 Å². The quantitative estimate of drug-likeness (QED) is 0.832. The molecule has 1 aromatic rings. The largest absolute Gasteiger partial charge is 0.496 e. The van der Waals surface area contributed by atoms with E-state index in [2.05, 4.69) is 19.9 Å². The number of rotatable bonds is 6. The summed E-state index contributed by atoms with van der Waals surface area (Å²) in [6, 6.07) is 4.18. The maximum absolute atomic E-state index is 9.88. The van der Waals surface area contributed by atoms with Gasteiger partial charge in [0.2, 0.25) is 0 Å². The van der Waals surface area contributed by atoms with Crippen molar-refractivity contribution in [2.75, 3.05) is 7.11 Å². The molecule has 3 heteroatoms. The monoisotopic (exact) mass is 266 g/mol. The Morgan fingerprint density at radius 2 is 1.79 bits per heavy atom. The van der Waals surface area contributed by atoms with Crippen LogP contribution in [0.25, 0.3) is 0 Å². The lowest BCUT2D eigenvalue weighted by atomic mass is 9.86. The van der Waals surface area contributed by atoms with E-state index in [1.54, 1.807) is 14.0 Å². The van der Waals surface area contributed by atoms with Crippen LogP contribution < -0.4 is 4.74 Å². The van der Waals surface area contributed by atoms with Crippen molar-refractivity contribution in [1.82, 2.24) is 0 Å². The van der Waals surface area contributed by atoms with Gasteiger partial charge in [0.15, 0.2) is 0 Å². The van der Waals surface area contributed by atoms with Gasteiger partial charge in [0, 0.05) is 0 Å². The molecule has 0 saturated carbocycles. The van der Waals surface area contributed by atoms with Crippen molar-refractivity contribution in [3.8, 4) is 5.75 Å². The lowest BCUT2D eigenvalue weighted by Gasteiger charge is -2.23. The molecule has 0 heterocycles. The molecule has 1 rings (SSSR count). The number of methoxy groups -OCH3 is 1. The Balaban J connectivity index is 3.02. The highest BCUT2D eigenvalue weighted by molar-refractivity contribution is 5.43. The van der Waals surface area contributed by atoms with Gasteiger partial charge < -0.3 is 14.9 Å². The van der Waals surface area contributed by atoms with E-state index in [4.69, 9.17) is 4.74 Å². The fourth-order valence-corrected chi connectivity index (χ4v) is 2.47.